The molecule has 1 saturated carbocycles. The summed E-state index contributed by atoms with van der Waals surface area (Å²) in [5.41, 5.74) is 2.84. The summed E-state index contributed by atoms with van der Waals surface area (Å²) in [5.74, 6) is 0.436. The molecule has 8 heteroatoms. The zero-order valence-corrected chi connectivity index (χ0v) is 21.1. The molecule has 4 heterocycles. The molecule has 4 amide bonds. The number of rotatable bonds is 4. The first kappa shape index (κ1) is 23.8. The largest absolute Gasteiger partial charge is 0.317 e. The number of hydrogen-bond donors (Lipinski definition) is 2. The number of carbonyl (C=O) groups is 4. The van der Waals surface area contributed by atoms with Gasteiger partial charge in [-0.3, -0.25) is 29.4 Å². The number of likely N-dealkylation sites (tertiary alicyclic amines) is 1. The fourth-order valence-electron chi connectivity index (χ4n) is 7.38. The number of carbonyl (C=O) groups excluding carboxylic acids is 4. The van der Waals surface area contributed by atoms with E-state index in [0.29, 0.717) is 17.0 Å². The summed E-state index contributed by atoms with van der Waals surface area (Å²) in [6.45, 7) is 6.46. The lowest BCUT2D eigenvalue weighted by Crippen LogP contribution is -2.54. The second-order valence-electron chi connectivity index (χ2n) is 11.4. The van der Waals surface area contributed by atoms with E-state index in [4.69, 9.17) is 0 Å². The molecule has 1 aliphatic carbocycles. The van der Waals surface area contributed by atoms with Crippen LogP contribution in [0.5, 0.6) is 0 Å². The van der Waals surface area contributed by atoms with E-state index >= 15 is 0 Å². The van der Waals surface area contributed by atoms with Gasteiger partial charge in [0.05, 0.1) is 11.1 Å². The van der Waals surface area contributed by atoms with Gasteiger partial charge in [-0.05, 0) is 113 Å². The SMILES string of the molecule is Cc1c(C2CCN(C3CC(C4CCNCC4)C3)CC2)ccc2c1C(=O)N(C1CCC(=O)NC1=O)C2=O. The molecule has 0 aromatic heterocycles. The highest BCUT2D eigenvalue weighted by Gasteiger charge is 2.46. The van der Waals surface area contributed by atoms with Gasteiger partial charge in [0.1, 0.15) is 6.04 Å². The molecule has 1 atom stereocenters. The minimum Gasteiger partial charge on any atom is -0.317 e. The summed E-state index contributed by atoms with van der Waals surface area (Å²) in [4.78, 5) is 54.1. The Labute approximate surface area is 212 Å². The third kappa shape index (κ3) is 3.98. The number of fused-ring (bicyclic) bond motifs is 1. The van der Waals surface area contributed by atoms with Gasteiger partial charge in [0, 0.05) is 12.5 Å². The molecule has 0 radical (unpaired) electrons. The summed E-state index contributed by atoms with van der Waals surface area (Å²) < 4.78 is 0. The average molecular weight is 493 g/mol. The normalized spacial score (nSPS) is 30.4. The van der Waals surface area contributed by atoms with Gasteiger partial charge in [-0.1, -0.05) is 6.07 Å². The fourth-order valence-corrected chi connectivity index (χ4v) is 7.38. The number of nitrogens with zero attached hydrogens (tertiary/aromatic N) is 2. The Bertz CT molecular complexity index is 1100. The summed E-state index contributed by atoms with van der Waals surface area (Å²) >= 11 is 0. The van der Waals surface area contributed by atoms with Crippen LogP contribution in [-0.2, 0) is 9.59 Å². The predicted octanol–water partition coefficient (Wildman–Crippen LogP) is 2.35. The summed E-state index contributed by atoms with van der Waals surface area (Å²) in [5, 5.41) is 5.74. The monoisotopic (exact) mass is 492 g/mol. The number of amides is 4. The molecule has 6 rings (SSSR count). The maximum atomic E-state index is 13.4. The lowest BCUT2D eigenvalue weighted by atomic mass is 9.68. The molecular formula is C28H36N4O4. The molecule has 0 bridgehead atoms. The minimum atomic E-state index is -0.919. The quantitative estimate of drug-likeness (QED) is 0.626. The van der Waals surface area contributed by atoms with Gasteiger partial charge in [-0.2, -0.15) is 0 Å². The molecule has 3 saturated heterocycles. The zero-order chi connectivity index (χ0) is 25.0. The lowest BCUT2D eigenvalue weighted by Gasteiger charge is -2.49. The summed E-state index contributed by atoms with van der Waals surface area (Å²) in [6.07, 6.45) is 7.80. The van der Waals surface area contributed by atoms with Crippen molar-refractivity contribution in [3.63, 3.8) is 0 Å². The van der Waals surface area contributed by atoms with E-state index in [9.17, 15) is 19.2 Å². The van der Waals surface area contributed by atoms with Crippen molar-refractivity contribution in [2.75, 3.05) is 26.2 Å². The van der Waals surface area contributed by atoms with Crippen LogP contribution in [0, 0.1) is 18.8 Å². The minimum absolute atomic E-state index is 0.131. The number of nitrogens with one attached hydrogen (secondary N) is 2. The van der Waals surface area contributed by atoms with Crippen molar-refractivity contribution in [1.29, 1.82) is 0 Å². The molecule has 4 fully saturated rings. The van der Waals surface area contributed by atoms with Crippen molar-refractivity contribution in [1.82, 2.24) is 20.4 Å². The Balaban J connectivity index is 1.11. The number of hydrogen-bond acceptors (Lipinski definition) is 6. The van der Waals surface area contributed by atoms with Crippen molar-refractivity contribution in [2.45, 2.75) is 76.3 Å². The maximum Gasteiger partial charge on any atom is 0.262 e. The van der Waals surface area contributed by atoms with E-state index in [1.165, 1.54) is 38.8 Å². The van der Waals surface area contributed by atoms with Crippen LogP contribution in [0.1, 0.15) is 89.1 Å². The summed E-state index contributed by atoms with van der Waals surface area (Å²) in [6, 6.07) is 3.60. The molecule has 192 valence electrons. The number of benzene rings is 1. The van der Waals surface area contributed by atoms with Crippen LogP contribution in [0.15, 0.2) is 12.1 Å². The first-order chi connectivity index (χ1) is 17.4. The molecule has 1 aromatic carbocycles. The van der Waals surface area contributed by atoms with E-state index in [1.54, 1.807) is 6.07 Å². The van der Waals surface area contributed by atoms with Crippen LogP contribution < -0.4 is 10.6 Å². The Morgan fingerprint density at radius 2 is 1.58 bits per heavy atom. The first-order valence-electron chi connectivity index (χ1n) is 13.7. The number of piperidine rings is 3. The zero-order valence-electron chi connectivity index (χ0n) is 21.1. The Morgan fingerprint density at radius 1 is 0.861 bits per heavy atom. The van der Waals surface area contributed by atoms with Gasteiger partial charge in [-0.25, -0.2) is 0 Å². The van der Waals surface area contributed by atoms with Crippen LogP contribution in [-0.4, -0.2) is 71.7 Å². The van der Waals surface area contributed by atoms with E-state index in [0.717, 1.165) is 59.8 Å². The van der Waals surface area contributed by atoms with Crippen molar-refractivity contribution in [3.8, 4) is 0 Å². The van der Waals surface area contributed by atoms with Crippen molar-refractivity contribution in [2.24, 2.45) is 11.8 Å². The van der Waals surface area contributed by atoms with Crippen molar-refractivity contribution < 1.29 is 19.2 Å². The van der Waals surface area contributed by atoms with Gasteiger partial charge < -0.3 is 10.2 Å². The van der Waals surface area contributed by atoms with E-state index < -0.39 is 23.8 Å². The highest BCUT2D eigenvalue weighted by atomic mass is 16.2. The van der Waals surface area contributed by atoms with Gasteiger partial charge in [0.15, 0.2) is 0 Å². The molecule has 8 nitrogen and oxygen atoms in total. The smallest absolute Gasteiger partial charge is 0.262 e. The Hall–Kier alpha value is -2.58. The van der Waals surface area contributed by atoms with Gasteiger partial charge >= 0.3 is 0 Å². The molecule has 1 aromatic rings. The van der Waals surface area contributed by atoms with Crippen LogP contribution in [0.3, 0.4) is 0 Å². The standard InChI is InChI=1S/C28H36N4O4/c1-16-21(18-8-12-31(13-9-18)20-14-19(15-20)17-6-10-29-11-7-17)2-3-22-25(16)28(36)32(27(22)35)23-4-5-24(33)30-26(23)34/h2-3,17-20,23,29H,4-15H2,1H3,(H,30,33,34). The molecular weight excluding hydrogens is 456 g/mol. The van der Waals surface area contributed by atoms with Gasteiger partial charge in [0.2, 0.25) is 11.8 Å². The van der Waals surface area contributed by atoms with E-state index in [2.05, 4.69) is 15.5 Å². The first-order valence-corrected chi connectivity index (χ1v) is 13.7. The predicted molar refractivity (Wildman–Crippen MR) is 134 cm³/mol. The highest BCUT2D eigenvalue weighted by molar-refractivity contribution is 6.24. The topological polar surface area (TPSA) is 98.8 Å². The van der Waals surface area contributed by atoms with Gasteiger partial charge in [-0.15, -0.1) is 0 Å². The Kier molecular flexibility index (Phi) is 6.20. The van der Waals surface area contributed by atoms with Gasteiger partial charge in [0.25, 0.3) is 11.8 Å². The molecule has 0 spiro atoms. The molecule has 4 aliphatic heterocycles. The highest BCUT2D eigenvalue weighted by Crippen LogP contribution is 2.43. The van der Waals surface area contributed by atoms with E-state index in [1.807, 2.05) is 13.0 Å². The molecule has 2 N–H and O–H groups in total. The molecule has 5 aliphatic rings. The number of imide groups is 2. The third-order valence-electron chi connectivity index (χ3n) is 9.60. The Morgan fingerprint density at radius 3 is 2.28 bits per heavy atom. The van der Waals surface area contributed by atoms with Crippen LogP contribution in [0.25, 0.3) is 0 Å². The lowest BCUT2D eigenvalue weighted by molar-refractivity contribution is -0.136. The van der Waals surface area contributed by atoms with Crippen molar-refractivity contribution in [3.05, 3.63) is 34.4 Å². The average Bonchev–Trinajstić information content (AvgIpc) is 3.10. The second-order valence-corrected chi connectivity index (χ2v) is 11.4. The summed E-state index contributed by atoms with van der Waals surface area (Å²) in [7, 11) is 0. The third-order valence-corrected chi connectivity index (χ3v) is 9.60. The fraction of sp³-hybridized carbons (Fsp3) is 0.643. The van der Waals surface area contributed by atoms with E-state index in [-0.39, 0.29) is 18.7 Å². The second kappa shape index (κ2) is 9.38. The van der Waals surface area contributed by atoms with Crippen LogP contribution in [0.4, 0.5) is 0 Å². The molecule has 36 heavy (non-hydrogen) atoms. The van der Waals surface area contributed by atoms with Crippen LogP contribution in [0.2, 0.25) is 0 Å². The molecule has 1 unspecified atom stereocenters. The maximum absolute atomic E-state index is 13.4. The van der Waals surface area contributed by atoms with Crippen LogP contribution >= 0.6 is 0 Å². The van der Waals surface area contributed by atoms with Crippen molar-refractivity contribution >= 4 is 23.6 Å².